The molecule has 0 N–H and O–H groups in total. The molecule has 0 amide bonds. The maximum atomic E-state index is 12.0. The van der Waals surface area contributed by atoms with Crippen LogP contribution in [-0.2, 0) is 0 Å². The van der Waals surface area contributed by atoms with Crippen molar-refractivity contribution in [3.63, 3.8) is 0 Å². The topological polar surface area (TPSA) is 46.3 Å². The summed E-state index contributed by atoms with van der Waals surface area (Å²) in [4.78, 5) is 17.6. The molecule has 1 aromatic heterocycles. The van der Waals surface area contributed by atoms with Crippen LogP contribution in [0.25, 0.3) is 11.1 Å². The van der Waals surface area contributed by atoms with Crippen LogP contribution in [0, 0.1) is 6.92 Å². The molecule has 2 rings (SSSR count). The van der Waals surface area contributed by atoms with E-state index in [1.807, 2.05) is 30.3 Å². The Morgan fingerprint density at radius 2 is 1.82 bits per heavy atom. The van der Waals surface area contributed by atoms with Gasteiger partial charge in [-0.15, -0.1) is 0 Å². The molecule has 0 bridgehead atoms. The van der Waals surface area contributed by atoms with E-state index in [0.717, 1.165) is 5.56 Å². The molecule has 4 heteroatoms. The molecule has 2 aromatic rings. The summed E-state index contributed by atoms with van der Waals surface area (Å²) in [5.41, 5.74) is 1.09. The minimum absolute atomic E-state index is 0.261. The number of nitrogens with zero attached hydrogens (tertiary/aromatic N) is 2. The van der Waals surface area contributed by atoms with Crippen LogP contribution in [-0.4, -0.2) is 19.1 Å². The summed E-state index contributed by atoms with van der Waals surface area (Å²) in [7, 11) is 3.57. The van der Waals surface area contributed by atoms with E-state index >= 15 is 0 Å². The lowest BCUT2D eigenvalue weighted by Gasteiger charge is -2.11. The van der Waals surface area contributed by atoms with E-state index in [9.17, 15) is 4.79 Å². The van der Waals surface area contributed by atoms with Crippen molar-refractivity contribution in [3.8, 4) is 11.1 Å². The summed E-state index contributed by atoms with van der Waals surface area (Å²) < 4.78 is 5.52. The van der Waals surface area contributed by atoms with Crippen LogP contribution < -0.4 is 10.5 Å². The maximum Gasteiger partial charge on any atom is 0.300 e. The number of aromatic nitrogens is 1. The summed E-state index contributed by atoms with van der Waals surface area (Å²) in [6.45, 7) is 1.78. The standard InChI is InChI=1S/C13H14N2O2/c1-9-11(10-7-5-4-6-8-10)12(16)14-13(17-9)15(2)3/h4-8H,1-3H3. The zero-order valence-electron chi connectivity index (χ0n) is 10.1. The Kier molecular flexibility index (Phi) is 2.95. The van der Waals surface area contributed by atoms with Gasteiger partial charge in [0.05, 0.1) is 5.56 Å². The molecule has 1 heterocycles. The average Bonchev–Trinajstić information content (AvgIpc) is 2.29. The van der Waals surface area contributed by atoms with Crippen LogP contribution >= 0.6 is 0 Å². The van der Waals surface area contributed by atoms with Crippen molar-refractivity contribution in [2.75, 3.05) is 19.0 Å². The van der Waals surface area contributed by atoms with Gasteiger partial charge in [-0.05, 0) is 12.5 Å². The van der Waals surface area contributed by atoms with Crippen molar-refractivity contribution >= 4 is 6.01 Å². The molecule has 17 heavy (non-hydrogen) atoms. The lowest BCUT2D eigenvalue weighted by Crippen LogP contribution is -2.18. The van der Waals surface area contributed by atoms with Crippen molar-refractivity contribution in [3.05, 3.63) is 46.4 Å². The Morgan fingerprint density at radius 1 is 1.18 bits per heavy atom. The van der Waals surface area contributed by atoms with Crippen LogP contribution in [0.4, 0.5) is 6.01 Å². The van der Waals surface area contributed by atoms with Crippen LogP contribution in [0.5, 0.6) is 0 Å². The van der Waals surface area contributed by atoms with Crippen LogP contribution in [0.2, 0.25) is 0 Å². The Labute approximate surface area is 99.5 Å². The van der Waals surface area contributed by atoms with E-state index in [0.29, 0.717) is 17.3 Å². The normalized spacial score (nSPS) is 10.3. The second-order valence-corrected chi connectivity index (χ2v) is 3.99. The first kappa shape index (κ1) is 11.4. The smallest absolute Gasteiger partial charge is 0.300 e. The molecule has 0 aliphatic rings. The number of rotatable bonds is 2. The third-order valence-corrected chi connectivity index (χ3v) is 2.45. The fourth-order valence-electron chi connectivity index (χ4n) is 1.63. The van der Waals surface area contributed by atoms with Crippen molar-refractivity contribution < 1.29 is 4.42 Å². The van der Waals surface area contributed by atoms with Crippen LogP contribution in [0.1, 0.15) is 5.76 Å². The van der Waals surface area contributed by atoms with E-state index in [2.05, 4.69) is 4.98 Å². The lowest BCUT2D eigenvalue weighted by molar-refractivity contribution is 0.497. The van der Waals surface area contributed by atoms with Gasteiger partial charge in [0, 0.05) is 14.1 Å². The number of hydrogen-bond donors (Lipinski definition) is 0. The first-order chi connectivity index (χ1) is 8.09. The van der Waals surface area contributed by atoms with Gasteiger partial charge in [-0.3, -0.25) is 4.79 Å². The quantitative estimate of drug-likeness (QED) is 0.792. The molecular weight excluding hydrogens is 216 g/mol. The molecule has 4 nitrogen and oxygen atoms in total. The van der Waals surface area contributed by atoms with E-state index < -0.39 is 0 Å². The molecule has 0 atom stereocenters. The van der Waals surface area contributed by atoms with Crippen molar-refractivity contribution in [2.24, 2.45) is 0 Å². The molecule has 88 valence electrons. The minimum atomic E-state index is -0.261. The molecule has 0 radical (unpaired) electrons. The van der Waals surface area contributed by atoms with E-state index in [-0.39, 0.29) is 5.56 Å². The summed E-state index contributed by atoms with van der Waals surface area (Å²) in [6, 6.07) is 9.74. The summed E-state index contributed by atoms with van der Waals surface area (Å²) >= 11 is 0. The Morgan fingerprint density at radius 3 is 2.35 bits per heavy atom. The molecule has 0 aliphatic carbocycles. The van der Waals surface area contributed by atoms with Gasteiger partial charge in [0.15, 0.2) is 0 Å². The molecule has 0 aliphatic heterocycles. The predicted molar refractivity (Wildman–Crippen MR) is 67.3 cm³/mol. The van der Waals surface area contributed by atoms with Crippen LogP contribution in [0.15, 0.2) is 39.5 Å². The molecule has 0 spiro atoms. The largest absolute Gasteiger partial charge is 0.430 e. The molecule has 1 aromatic carbocycles. The molecule has 0 saturated heterocycles. The number of aryl methyl sites for hydroxylation is 1. The molecule has 0 fully saturated rings. The third-order valence-electron chi connectivity index (χ3n) is 2.45. The fraction of sp³-hybridized carbons (Fsp3) is 0.231. The first-order valence-corrected chi connectivity index (χ1v) is 5.34. The number of benzene rings is 1. The van der Waals surface area contributed by atoms with Crippen molar-refractivity contribution in [2.45, 2.75) is 6.92 Å². The summed E-state index contributed by atoms with van der Waals surface area (Å²) in [6.07, 6.45) is 0. The van der Waals surface area contributed by atoms with Crippen molar-refractivity contribution in [1.29, 1.82) is 0 Å². The summed E-state index contributed by atoms with van der Waals surface area (Å²) in [5.74, 6) is 0.583. The van der Waals surface area contributed by atoms with E-state index in [1.54, 1.807) is 25.9 Å². The van der Waals surface area contributed by atoms with Crippen molar-refractivity contribution in [1.82, 2.24) is 4.98 Å². The van der Waals surface area contributed by atoms with E-state index in [1.165, 1.54) is 0 Å². The molecular formula is C13H14N2O2. The number of hydrogen-bond acceptors (Lipinski definition) is 4. The molecule has 0 unspecified atom stereocenters. The SMILES string of the molecule is Cc1oc(N(C)C)nc(=O)c1-c1ccccc1. The highest BCUT2D eigenvalue weighted by Crippen LogP contribution is 2.20. The zero-order chi connectivity index (χ0) is 12.4. The average molecular weight is 230 g/mol. The van der Waals surface area contributed by atoms with Gasteiger partial charge in [0.1, 0.15) is 5.76 Å². The van der Waals surface area contributed by atoms with Gasteiger partial charge in [0.2, 0.25) is 0 Å². The third kappa shape index (κ3) is 2.20. The number of anilines is 1. The second-order valence-electron chi connectivity index (χ2n) is 3.99. The van der Waals surface area contributed by atoms with Gasteiger partial charge in [-0.2, -0.15) is 4.98 Å². The lowest BCUT2D eigenvalue weighted by atomic mass is 10.1. The second kappa shape index (κ2) is 4.41. The Balaban J connectivity index is 2.61. The monoisotopic (exact) mass is 230 g/mol. The van der Waals surface area contributed by atoms with Crippen LogP contribution in [0.3, 0.4) is 0 Å². The molecule has 0 saturated carbocycles. The van der Waals surface area contributed by atoms with Gasteiger partial charge >= 0.3 is 0 Å². The first-order valence-electron chi connectivity index (χ1n) is 5.34. The highest BCUT2D eigenvalue weighted by Gasteiger charge is 2.12. The van der Waals surface area contributed by atoms with Gasteiger partial charge in [0.25, 0.3) is 11.6 Å². The maximum absolute atomic E-state index is 12.0. The van der Waals surface area contributed by atoms with Gasteiger partial charge < -0.3 is 9.32 Å². The van der Waals surface area contributed by atoms with Gasteiger partial charge in [-0.1, -0.05) is 30.3 Å². The van der Waals surface area contributed by atoms with E-state index in [4.69, 9.17) is 4.42 Å². The Hall–Kier alpha value is -2.10. The Bertz CT molecular complexity index is 574. The fourth-order valence-corrected chi connectivity index (χ4v) is 1.63. The zero-order valence-corrected chi connectivity index (χ0v) is 10.1. The summed E-state index contributed by atoms with van der Waals surface area (Å²) in [5, 5.41) is 0. The highest BCUT2D eigenvalue weighted by molar-refractivity contribution is 5.64. The highest BCUT2D eigenvalue weighted by atomic mass is 16.4. The van der Waals surface area contributed by atoms with Gasteiger partial charge in [-0.25, -0.2) is 0 Å². The minimum Gasteiger partial charge on any atom is -0.430 e. The predicted octanol–water partition coefficient (Wildman–Crippen LogP) is 2.08.